The minimum absolute atomic E-state index is 0.0225. The topological polar surface area (TPSA) is 51.1 Å². The Kier molecular flexibility index (Phi) is 6.66. The van der Waals surface area contributed by atoms with E-state index in [4.69, 9.17) is 0 Å². The maximum Gasteiger partial charge on any atom is 0.265 e. The fourth-order valence-corrected chi connectivity index (χ4v) is 5.29. The molecular weight excluding hydrogens is 460 g/mol. The van der Waals surface area contributed by atoms with Crippen LogP contribution in [-0.4, -0.2) is 20.6 Å². The summed E-state index contributed by atoms with van der Waals surface area (Å²) >= 11 is 3.40. The maximum atomic E-state index is 13.0. The van der Waals surface area contributed by atoms with Crippen molar-refractivity contribution in [2.75, 3.05) is 5.75 Å². The van der Waals surface area contributed by atoms with Gasteiger partial charge in [-0.1, -0.05) is 61.5 Å². The molecule has 0 saturated heterocycles. The maximum absolute atomic E-state index is 13.0. The van der Waals surface area contributed by atoms with Crippen LogP contribution in [0.25, 0.3) is 11.1 Å². The van der Waals surface area contributed by atoms with Crippen LogP contribution in [0, 0.1) is 0 Å². The largest absolute Gasteiger partial charge is 0.307 e. The van der Waals surface area contributed by atoms with Crippen LogP contribution in [0.4, 0.5) is 0 Å². The second-order valence-electron chi connectivity index (χ2n) is 7.58. The molecule has 4 rings (SSSR count). The van der Waals surface area contributed by atoms with Gasteiger partial charge >= 0.3 is 0 Å². The molecule has 4 nitrogen and oxygen atoms in total. The van der Waals surface area contributed by atoms with Gasteiger partial charge in [0.1, 0.15) is 0 Å². The second-order valence-corrected chi connectivity index (χ2v) is 9.94. The summed E-state index contributed by atoms with van der Waals surface area (Å²) in [6.07, 6.45) is 2.35. The summed E-state index contributed by atoms with van der Waals surface area (Å²) in [5, 5.41) is 0. The molecule has 0 spiro atoms. The third-order valence-corrected chi connectivity index (χ3v) is 7.38. The number of halogens is 1. The first-order valence-corrected chi connectivity index (χ1v) is 12.4. The van der Waals surface area contributed by atoms with Crippen LogP contribution < -0.4 is 10.3 Å². The molecule has 1 aliphatic heterocycles. The summed E-state index contributed by atoms with van der Waals surface area (Å²) in [5.41, 5.74) is 4.51. The number of fused-ring (bicyclic) bond motifs is 1. The van der Waals surface area contributed by atoms with Gasteiger partial charge < -0.3 is 4.57 Å². The van der Waals surface area contributed by atoms with Crippen molar-refractivity contribution in [2.24, 2.45) is 0 Å². The van der Waals surface area contributed by atoms with Gasteiger partial charge in [-0.2, -0.15) is 0 Å². The summed E-state index contributed by atoms with van der Waals surface area (Å²) in [6, 6.07) is 22.5. The molecule has 2 heterocycles. The molecule has 156 valence electrons. The van der Waals surface area contributed by atoms with Crippen LogP contribution in [0.3, 0.4) is 0 Å². The molecule has 0 bridgehead atoms. The number of nitrogens with one attached hydrogen (secondary N) is 1. The van der Waals surface area contributed by atoms with Crippen molar-refractivity contribution in [1.29, 1.82) is 0 Å². The molecule has 3 atom stereocenters. The number of hydrogen-bond acceptors (Lipinski definition) is 2. The number of rotatable bonds is 6. The first-order valence-electron chi connectivity index (χ1n) is 10.3. The van der Waals surface area contributed by atoms with Crippen molar-refractivity contribution in [3.63, 3.8) is 0 Å². The lowest BCUT2D eigenvalue weighted by atomic mass is 9.90. The average Bonchev–Trinajstić information content (AvgIpc) is 2.78. The zero-order valence-corrected chi connectivity index (χ0v) is 19.3. The van der Waals surface area contributed by atoms with Crippen molar-refractivity contribution in [2.45, 2.75) is 38.3 Å². The summed E-state index contributed by atoms with van der Waals surface area (Å²) in [5.74, 6) is 0.549. The second kappa shape index (κ2) is 9.41. The number of benzene rings is 2. The van der Waals surface area contributed by atoms with E-state index in [2.05, 4.69) is 57.1 Å². The minimum Gasteiger partial charge on any atom is -0.307 e. The monoisotopic (exact) mass is 484 g/mol. The Bertz CT molecular complexity index is 1110. The SMILES string of the molecule is CCS(=O)NC1CCc2ccc(Br)c(=O)n2C1Cc1cccc(-c2ccccc2)c1. The first kappa shape index (κ1) is 21.2. The van der Waals surface area contributed by atoms with Gasteiger partial charge in [-0.15, -0.1) is 0 Å². The Morgan fingerprint density at radius 1 is 1.07 bits per heavy atom. The number of aromatic nitrogens is 1. The molecule has 0 fully saturated rings. The van der Waals surface area contributed by atoms with Gasteiger partial charge in [0.2, 0.25) is 0 Å². The molecule has 0 amide bonds. The van der Waals surface area contributed by atoms with Gasteiger partial charge in [0.05, 0.1) is 21.5 Å². The standard InChI is InChI=1S/C24H25BrN2O2S/c1-2-30(29)26-22-14-12-20-11-13-21(25)24(28)27(20)23(22)16-17-7-6-10-19(15-17)18-8-4-3-5-9-18/h3-11,13,15,22-23,26H,2,12,14,16H2,1H3. The van der Waals surface area contributed by atoms with Crippen LogP contribution in [0.2, 0.25) is 0 Å². The Morgan fingerprint density at radius 2 is 1.83 bits per heavy atom. The highest BCUT2D eigenvalue weighted by atomic mass is 79.9. The summed E-state index contributed by atoms with van der Waals surface area (Å²) in [4.78, 5) is 13.0. The highest BCUT2D eigenvalue weighted by molar-refractivity contribution is 9.10. The third kappa shape index (κ3) is 4.51. The van der Waals surface area contributed by atoms with Gasteiger partial charge in [-0.05, 0) is 64.0 Å². The zero-order chi connectivity index (χ0) is 21.1. The number of aryl methyl sites for hydroxylation is 1. The average molecular weight is 485 g/mol. The molecule has 0 radical (unpaired) electrons. The van der Waals surface area contributed by atoms with E-state index < -0.39 is 11.0 Å². The summed E-state index contributed by atoms with van der Waals surface area (Å²) < 4.78 is 18.0. The molecule has 3 unspecified atom stereocenters. The smallest absolute Gasteiger partial charge is 0.265 e. The van der Waals surface area contributed by atoms with Gasteiger partial charge in [-0.25, -0.2) is 8.93 Å². The highest BCUT2D eigenvalue weighted by Gasteiger charge is 2.31. The van der Waals surface area contributed by atoms with Crippen LogP contribution in [0.15, 0.2) is 76.0 Å². The van der Waals surface area contributed by atoms with Crippen LogP contribution in [0.5, 0.6) is 0 Å². The van der Waals surface area contributed by atoms with Crippen LogP contribution in [-0.2, 0) is 23.8 Å². The molecule has 0 aliphatic carbocycles. The van der Waals surface area contributed by atoms with E-state index in [1.54, 1.807) is 0 Å². The molecule has 1 aromatic heterocycles. The summed E-state index contributed by atoms with van der Waals surface area (Å²) in [6.45, 7) is 1.90. The fourth-order valence-electron chi connectivity index (χ4n) is 4.18. The molecule has 30 heavy (non-hydrogen) atoms. The molecule has 1 N–H and O–H groups in total. The van der Waals surface area contributed by atoms with E-state index in [0.717, 1.165) is 29.7 Å². The number of nitrogens with zero attached hydrogens (tertiary/aromatic N) is 1. The number of pyridine rings is 1. The zero-order valence-electron chi connectivity index (χ0n) is 16.9. The first-order chi connectivity index (χ1) is 14.6. The van der Waals surface area contributed by atoms with E-state index in [1.165, 1.54) is 5.56 Å². The van der Waals surface area contributed by atoms with E-state index in [9.17, 15) is 9.00 Å². The quantitative estimate of drug-likeness (QED) is 0.553. The Morgan fingerprint density at radius 3 is 2.60 bits per heavy atom. The Balaban J connectivity index is 1.72. The molecular formula is C24H25BrN2O2S. The predicted molar refractivity (Wildman–Crippen MR) is 127 cm³/mol. The van der Waals surface area contributed by atoms with Crippen molar-refractivity contribution in [3.8, 4) is 11.1 Å². The van der Waals surface area contributed by atoms with Gasteiger partial charge in [-0.3, -0.25) is 4.79 Å². The molecule has 3 aromatic rings. The summed E-state index contributed by atoms with van der Waals surface area (Å²) in [7, 11) is -1.10. The van der Waals surface area contributed by atoms with Gasteiger partial charge in [0, 0.05) is 17.5 Å². The Hall–Kier alpha value is -2.02. The van der Waals surface area contributed by atoms with Crippen LogP contribution >= 0.6 is 15.9 Å². The lowest BCUT2D eigenvalue weighted by Gasteiger charge is -2.35. The molecule has 2 aromatic carbocycles. The van der Waals surface area contributed by atoms with Crippen molar-refractivity contribution < 1.29 is 4.21 Å². The van der Waals surface area contributed by atoms with Crippen LogP contribution in [0.1, 0.15) is 30.6 Å². The highest BCUT2D eigenvalue weighted by Crippen LogP contribution is 2.29. The van der Waals surface area contributed by atoms with E-state index in [0.29, 0.717) is 16.6 Å². The lowest BCUT2D eigenvalue weighted by Crippen LogP contribution is -2.47. The minimum atomic E-state index is -1.10. The molecule has 0 saturated carbocycles. The van der Waals surface area contributed by atoms with Gasteiger partial charge in [0.15, 0.2) is 0 Å². The normalized spacial score (nSPS) is 19.3. The van der Waals surface area contributed by atoms with Gasteiger partial charge in [0.25, 0.3) is 5.56 Å². The fraction of sp³-hybridized carbons (Fsp3) is 0.292. The molecule has 6 heteroatoms. The number of hydrogen-bond donors (Lipinski definition) is 1. The lowest BCUT2D eigenvalue weighted by molar-refractivity contribution is 0.317. The van der Waals surface area contributed by atoms with E-state index in [-0.39, 0.29) is 17.6 Å². The molecule has 1 aliphatic rings. The third-order valence-electron chi connectivity index (χ3n) is 5.69. The van der Waals surface area contributed by atoms with Crippen molar-refractivity contribution >= 4 is 26.9 Å². The Labute approximate surface area is 188 Å². The van der Waals surface area contributed by atoms with Crippen molar-refractivity contribution in [1.82, 2.24) is 9.29 Å². The predicted octanol–water partition coefficient (Wildman–Crippen LogP) is 4.65. The van der Waals surface area contributed by atoms with Crippen molar-refractivity contribution in [3.05, 3.63) is 92.8 Å². The van der Waals surface area contributed by atoms with E-state index in [1.807, 2.05) is 41.8 Å². The van der Waals surface area contributed by atoms with E-state index >= 15 is 0 Å².